The second-order valence-electron chi connectivity index (χ2n) is 8.47. The number of methoxy groups -OCH3 is 2. The van der Waals surface area contributed by atoms with Crippen molar-refractivity contribution in [3.8, 4) is 11.5 Å². The van der Waals surface area contributed by atoms with Crippen LogP contribution in [0.5, 0.6) is 11.5 Å². The van der Waals surface area contributed by atoms with Gasteiger partial charge in [-0.05, 0) is 86.6 Å². The molecule has 0 unspecified atom stereocenters. The number of hydrogen-bond donors (Lipinski definition) is 2. The highest BCUT2D eigenvalue weighted by Gasteiger charge is 2.41. The van der Waals surface area contributed by atoms with Crippen LogP contribution in [-0.4, -0.2) is 56.8 Å². The van der Waals surface area contributed by atoms with E-state index >= 15 is 0 Å². The van der Waals surface area contributed by atoms with E-state index < -0.39 is 5.60 Å². The summed E-state index contributed by atoms with van der Waals surface area (Å²) < 4.78 is 10.6. The van der Waals surface area contributed by atoms with E-state index in [9.17, 15) is 9.90 Å². The fraction of sp³-hybridized carbons (Fsp3) is 0.500. The Morgan fingerprint density at radius 3 is 1.91 bits per heavy atom. The number of rotatable bonds is 10. The number of hydrogen-bond acceptors (Lipinski definition) is 5. The number of nitrogens with zero attached hydrogens (tertiary/aromatic N) is 1. The lowest BCUT2D eigenvalue weighted by atomic mass is 9.72. The fourth-order valence-corrected chi connectivity index (χ4v) is 4.65. The van der Waals surface area contributed by atoms with Gasteiger partial charge in [-0.15, -0.1) is 0 Å². The van der Waals surface area contributed by atoms with E-state index in [0.717, 1.165) is 67.9 Å². The number of likely N-dealkylation sites (tertiary alicyclic amines) is 1. The molecule has 2 aromatic carbocycles. The minimum Gasteiger partial charge on any atom is -0.497 e. The monoisotopic (exact) mass is 440 g/mol. The first kappa shape index (κ1) is 24.1. The Kier molecular flexibility index (Phi) is 8.53. The van der Waals surface area contributed by atoms with Gasteiger partial charge in [0.2, 0.25) is 5.91 Å². The molecule has 0 bridgehead atoms. The van der Waals surface area contributed by atoms with Gasteiger partial charge in [-0.2, -0.15) is 0 Å². The third kappa shape index (κ3) is 5.61. The van der Waals surface area contributed by atoms with Gasteiger partial charge in [0, 0.05) is 13.5 Å². The molecule has 6 nitrogen and oxygen atoms in total. The van der Waals surface area contributed by atoms with Crippen LogP contribution in [0.1, 0.15) is 43.2 Å². The predicted octanol–water partition coefficient (Wildman–Crippen LogP) is 3.57. The van der Waals surface area contributed by atoms with Gasteiger partial charge in [0.15, 0.2) is 0 Å². The summed E-state index contributed by atoms with van der Waals surface area (Å²) in [7, 11) is 4.98. The Balaban J connectivity index is 1.72. The Labute approximate surface area is 191 Å². The van der Waals surface area contributed by atoms with Crippen LogP contribution < -0.4 is 14.8 Å². The van der Waals surface area contributed by atoms with Crippen LogP contribution in [0.4, 0.5) is 0 Å². The minimum atomic E-state index is -1.08. The molecule has 1 fully saturated rings. The zero-order valence-corrected chi connectivity index (χ0v) is 19.5. The molecule has 0 atom stereocenters. The van der Waals surface area contributed by atoms with Gasteiger partial charge in [-0.3, -0.25) is 4.79 Å². The molecule has 1 amide bonds. The van der Waals surface area contributed by atoms with E-state index in [1.807, 2.05) is 48.5 Å². The molecule has 174 valence electrons. The summed E-state index contributed by atoms with van der Waals surface area (Å²) in [5.74, 6) is 1.76. The number of carbonyl (C=O) groups excluding carboxylic acids is 1. The minimum absolute atomic E-state index is 0.103. The number of ether oxygens (including phenoxy) is 2. The maximum atomic E-state index is 12.1. The average Bonchev–Trinajstić information content (AvgIpc) is 2.86. The SMILES string of the molecule is CNC(=O)CCCCN1CCC(C(O)(c2ccc(OC)cc2)c2ccc(OC)cc2)CC1. The van der Waals surface area contributed by atoms with E-state index in [1.165, 1.54) is 0 Å². The average molecular weight is 441 g/mol. The third-order valence-electron chi connectivity index (χ3n) is 6.65. The molecule has 1 saturated heterocycles. The van der Waals surface area contributed by atoms with Crippen LogP contribution in [0, 0.1) is 5.92 Å². The molecule has 0 aliphatic carbocycles. The van der Waals surface area contributed by atoms with Crippen molar-refractivity contribution in [2.45, 2.75) is 37.7 Å². The van der Waals surface area contributed by atoms with Crippen molar-refractivity contribution in [2.75, 3.05) is 40.9 Å². The number of benzene rings is 2. The van der Waals surface area contributed by atoms with Crippen LogP contribution in [0.15, 0.2) is 48.5 Å². The van der Waals surface area contributed by atoms with Crippen molar-refractivity contribution in [1.29, 1.82) is 0 Å². The standard InChI is InChI=1S/C26H36N2O4/c1-27-25(29)6-4-5-17-28-18-15-22(16-19-28)26(30,20-7-11-23(31-2)12-8-20)21-9-13-24(32-3)14-10-21/h7-14,22,30H,4-6,15-19H2,1-3H3,(H,27,29). The molecule has 2 aromatic rings. The van der Waals surface area contributed by atoms with Crippen LogP contribution in [0.2, 0.25) is 0 Å². The topological polar surface area (TPSA) is 71.0 Å². The van der Waals surface area contributed by atoms with Gasteiger partial charge in [-0.25, -0.2) is 0 Å². The summed E-state index contributed by atoms with van der Waals surface area (Å²) in [6.45, 7) is 2.88. The zero-order valence-electron chi connectivity index (χ0n) is 19.5. The van der Waals surface area contributed by atoms with Gasteiger partial charge < -0.3 is 24.8 Å². The normalized spacial score (nSPS) is 15.4. The summed E-state index contributed by atoms with van der Waals surface area (Å²) in [6, 6.07) is 15.5. The highest BCUT2D eigenvalue weighted by Crippen LogP contribution is 2.42. The number of aliphatic hydroxyl groups is 1. The van der Waals surface area contributed by atoms with Crippen LogP contribution >= 0.6 is 0 Å². The second kappa shape index (κ2) is 11.3. The molecule has 1 heterocycles. The van der Waals surface area contributed by atoms with Gasteiger partial charge in [0.1, 0.15) is 17.1 Å². The van der Waals surface area contributed by atoms with E-state index in [4.69, 9.17) is 9.47 Å². The Morgan fingerprint density at radius 2 is 1.47 bits per heavy atom. The Morgan fingerprint density at radius 1 is 0.969 bits per heavy atom. The second-order valence-corrected chi connectivity index (χ2v) is 8.47. The molecule has 0 spiro atoms. The van der Waals surface area contributed by atoms with Gasteiger partial charge in [-0.1, -0.05) is 24.3 Å². The molecule has 1 aliphatic rings. The van der Waals surface area contributed by atoms with Crippen LogP contribution in [0.25, 0.3) is 0 Å². The van der Waals surface area contributed by atoms with E-state index in [2.05, 4.69) is 10.2 Å². The first-order valence-corrected chi connectivity index (χ1v) is 11.5. The molecule has 0 radical (unpaired) electrons. The largest absolute Gasteiger partial charge is 0.497 e. The van der Waals surface area contributed by atoms with Crippen LogP contribution in [-0.2, 0) is 10.4 Å². The molecule has 6 heteroatoms. The summed E-state index contributed by atoms with van der Waals surface area (Å²) in [4.78, 5) is 13.8. The van der Waals surface area contributed by atoms with E-state index in [0.29, 0.717) is 6.42 Å². The molecular formula is C26H36N2O4. The lowest BCUT2D eigenvalue weighted by Crippen LogP contribution is -2.44. The first-order valence-electron chi connectivity index (χ1n) is 11.5. The Bertz CT molecular complexity index is 796. The first-order chi connectivity index (χ1) is 15.5. The molecule has 3 rings (SSSR count). The molecular weight excluding hydrogens is 404 g/mol. The quantitative estimate of drug-likeness (QED) is 0.553. The number of carbonyl (C=O) groups is 1. The van der Waals surface area contributed by atoms with Gasteiger partial charge >= 0.3 is 0 Å². The number of nitrogens with one attached hydrogen (secondary N) is 1. The van der Waals surface area contributed by atoms with Crippen molar-refractivity contribution < 1.29 is 19.4 Å². The third-order valence-corrected chi connectivity index (χ3v) is 6.65. The van der Waals surface area contributed by atoms with E-state index in [-0.39, 0.29) is 11.8 Å². The smallest absolute Gasteiger partial charge is 0.219 e. The highest BCUT2D eigenvalue weighted by molar-refractivity contribution is 5.75. The van der Waals surface area contributed by atoms with Crippen molar-refractivity contribution in [1.82, 2.24) is 10.2 Å². The number of amides is 1. The van der Waals surface area contributed by atoms with Crippen molar-refractivity contribution in [2.24, 2.45) is 5.92 Å². The van der Waals surface area contributed by atoms with Crippen molar-refractivity contribution >= 4 is 5.91 Å². The summed E-state index contributed by atoms with van der Waals surface area (Å²) in [5.41, 5.74) is 0.684. The van der Waals surface area contributed by atoms with Crippen LogP contribution in [0.3, 0.4) is 0 Å². The van der Waals surface area contributed by atoms with E-state index in [1.54, 1.807) is 21.3 Å². The maximum Gasteiger partial charge on any atom is 0.219 e. The number of unbranched alkanes of at least 4 members (excludes halogenated alkanes) is 1. The fourth-order valence-electron chi connectivity index (χ4n) is 4.65. The molecule has 32 heavy (non-hydrogen) atoms. The lowest BCUT2D eigenvalue weighted by molar-refractivity contribution is -0.120. The van der Waals surface area contributed by atoms with Crippen molar-refractivity contribution in [3.05, 3.63) is 59.7 Å². The highest BCUT2D eigenvalue weighted by atomic mass is 16.5. The molecule has 0 aromatic heterocycles. The van der Waals surface area contributed by atoms with Crippen molar-refractivity contribution in [3.63, 3.8) is 0 Å². The summed E-state index contributed by atoms with van der Waals surface area (Å²) in [5, 5.41) is 14.8. The summed E-state index contributed by atoms with van der Waals surface area (Å²) >= 11 is 0. The lowest BCUT2D eigenvalue weighted by Gasteiger charge is -2.42. The molecule has 0 saturated carbocycles. The molecule has 1 aliphatic heterocycles. The summed E-state index contributed by atoms with van der Waals surface area (Å²) in [6.07, 6.45) is 4.32. The Hall–Kier alpha value is -2.57. The van der Waals surface area contributed by atoms with Gasteiger partial charge in [0.05, 0.1) is 14.2 Å². The predicted molar refractivity (Wildman–Crippen MR) is 126 cm³/mol. The zero-order chi connectivity index (χ0) is 23.0. The maximum absolute atomic E-state index is 12.1. The molecule has 2 N–H and O–H groups in total. The number of piperidine rings is 1. The van der Waals surface area contributed by atoms with Gasteiger partial charge in [0.25, 0.3) is 0 Å².